The molecule has 0 fully saturated rings. The zero-order valence-corrected chi connectivity index (χ0v) is 17.0. The highest BCUT2D eigenvalue weighted by Crippen LogP contribution is 2.28. The summed E-state index contributed by atoms with van der Waals surface area (Å²) in [5.41, 5.74) is 2.02. The van der Waals surface area contributed by atoms with Crippen LogP contribution in [0.25, 0.3) is 0 Å². The molecule has 0 bridgehead atoms. The molecule has 1 atom stereocenters. The Balaban J connectivity index is 2.16. The molecule has 142 valence electrons. The molecule has 0 aliphatic heterocycles. The van der Waals surface area contributed by atoms with Crippen molar-refractivity contribution in [3.8, 4) is 0 Å². The molecular formula is C18H22Cl2FN3O2. The Morgan fingerprint density at radius 1 is 1.35 bits per heavy atom. The van der Waals surface area contributed by atoms with Gasteiger partial charge in [-0.2, -0.15) is 9.49 Å². The molecule has 2 rings (SSSR count). The van der Waals surface area contributed by atoms with E-state index in [-0.39, 0.29) is 11.6 Å². The van der Waals surface area contributed by atoms with Crippen LogP contribution in [0, 0.1) is 19.8 Å². The van der Waals surface area contributed by atoms with Crippen LogP contribution in [0.2, 0.25) is 10.0 Å². The Labute approximate surface area is 162 Å². The van der Waals surface area contributed by atoms with Gasteiger partial charge in [-0.25, -0.2) is 9.75 Å². The van der Waals surface area contributed by atoms with Crippen molar-refractivity contribution in [3.63, 3.8) is 0 Å². The largest absolute Gasteiger partial charge is 0.284 e. The van der Waals surface area contributed by atoms with Crippen molar-refractivity contribution in [2.75, 3.05) is 7.11 Å². The molecule has 0 radical (unpaired) electrons. The smallest absolute Gasteiger partial charge is 0.274 e. The van der Waals surface area contributed by atoms with Gasteiger partial charge in [0.05, 0.1) is 18.8 Å². The molecule has 5 nitrogen and oxygen atoms in total. The van der Waals surface area contributed by atoms with Crippen molar-refractivity contribution in [1.29, 1.82) is 0 Å². The van der Waals surface area contributed by atoms with Gasteiger partial charge in [0, 0.05) is 17.1 Å². The van der Waals surface area contributed by atoms with E-state index in [0.29, 0.717) is 28.6 Å². The maximum atomic E-state index is 14.2. The van der Waals surface area contributed by atoms with Crippen LogP contribution in [0.1, 0.15) is 40.5 Å². The molecule has 0 spiro atoms. The first-order chi connectivity index (χ1) is 12.2. The molecule has 1 heterocycles. The third kappa shape index (κ3) is 4.19. The van der Waals surface area contributed by atoms with Crippen LogP contribution < -0.4 is 0 Å². The van der Waals surface area contributed by atoms with Crippen LogP contribution >= 0.6 is 23.2 Å². The molecule has 1 amide bonds. The molecule has 0 saturated carbocycles. The Kier molecular flexibility index (Phi) is 6.66. The minimum Gasteiger partial charge on any atom is -0.274 e. The van der Waals surface area contributed by atoms with E-state index in [0.717, 1.165) is 20.9 Å². The number of hydrogen-bond acceptors (Lipinski definition) is 3. The maximum Gasteiger partial charge on any atom is 0.284 e. The van der Waals surface area contributed by atoms with Crippen LogP contribution in [0.3, 0.4) is 0 Å². The van der Waals surface area contributed by atoms with E-state index in [2.05, 4.69) is 5.10 Å². The summed E-state index contributed by atoms with van der Waals surface area (Å²) in [4.78, 5) is 17.9. The van der Waals surface area contributed by atoms with Crippen molar-refractivity contribution in [2.45, 2.75) is 39.7 Å². The fraction of sp³-hybridized carbons (Fsp3) is 0.444. The lowest BCUT2D eigenvalue weighted by Crippen LogP contribution is -2.38. The second-order valence-corrected chi connectivity index (χ2v) is 7.10. The number of aromatic nitrogens is 2. The van der Waals surface area contributed by atoms with Crippen LogP contribution in [0.4, 0.5) is 4.39 Å². The van der Waals surface area contributed by atoms with Gasteiger partial charge < -0.3 is 0 Å². The fourth-order valence-corrected chi connectivity index (χ4v) is 3.67. The van der Waals surface area contributed by atoms with Crippen molar-refractivity contribution >= 4 is 29.1 Å². The number of amides is 1. The topological polar surface area (TPSA) is 47.4 Å². The summed E-state index contributed by atoms with van der Waals surface area (Å²) in [5.74, 6) is -1.25. The Bertz CT molecular complexity index is 800. The van der Waals surface area contributed by atoms with E-state index in [9.17, 15) is 9.18 Å². The van der Waals surface area contributed by atoms with Gasteiger partial charge in [-0.05, 0) is 56.9 Å². The highest BCUT2D eigenvalue weighted by Gasteiger charge is 2.29. The van der Waals surface area contributed by atoms with E-state index < -0.39 is 11.9 Å². The van der Waals surface area contributed by atoms with Gasteiger partial charge in [0.25, 0.3) is 5.91 Å². The maximum absolute atomic E-state index is 14.2. The van der Waals surface area contributed by atoms with Crippen molar-refractivity contribution in [1.82, 2.24) is 14.8 Å². The number of benzene rings is 1. The molecule has 0 aliphatic rings. The second-order valence-electron chi connectivity index (χ2n) is 6.28. The molecule has 8 heteroatoms. The average Bonchev–Trinajstić information content (AvgIpc) is 2.79. The Hall–Kier alpha value is -1.63. The summed E-state index contributed by atoms with van der Waals surface area (Å²) in [5, 5.41) is 6.27. The van der Waals surface area contributed by atoms with Crippen LogP contribution in [0.5, 0.6) is 0 Å². The number of hydroxylamine groups is 2. The first-order valence-corrected chi connectivity index (χ1v) is 8.94. The highest BCUT2D eigenvalue weighted by atomic mass is 35.5. The van der Waals surface area contributed by atoms with Crippen LogP contribution in [0.15, 0.2) is 12.1 Å². The molecule has 1 aromatic heterocycles. The zero-order valence-electron chi connectivity index (χ0n) is 15.4. The summed E-state index contributed by atoms with van der Waals surface area (Å²) in [6.07, 6.45) is 1.10. The summed E-state index contributed by atoms with van der Waals surface area (Å²) in [6.45, 7) is 5.32. The van der Waals surface area contributed by atoms with E-state index in [4.69, 9.17) is 28.0 Å². The molecule has 0 N–H and O–H groups in total. The van der Waals surface area contributed by atoms with Gasteiger partial charge in [0.2, 0.25) is 5.95 Å². The predicted octanol–water partition coefficient (Wildman–Crippen LogP) is 4.51. The number of carbonyl (C=O) groups is 1. The molecule has 1 aromatic carbocycles. The monoisotopic (exact) mass is 401 g/mol. The van der Waals surface area contributed by atoms with Crippen molar-refractivity contribution < 1.29 is 14.0 Å². The quantitative estimate of drug-likeness (QED) is 0.669. The summed E-state index contributed by atoms with van der Waals surface area (Å²) in [6, 6.07) is 3.38. The van der Waals surface area contributed by atoms with Crippen LogP contribution in [-0.2, 0) is 18.3 Å². The van der Waals surface area contributed by atoms with Gasteiger partial charge in [-0.1, -0.05) is 23.2 Å². The third-order valence-electron chi connectivity index (χ3n) is 4.26. The number of rotatable bonds is 6. The van der Waals surface area contributed by atoms with Crippen molar-refractivity contribution in [3.05, 3.63) is 50.5 Å². The minimum absolute atomic E-state index is 0.0902. The van der Waals surface area contributed by atoms with Crippen molar-refractivity contribution in [2.24, 2.45) is 7.05 Å². The van der Waals surface area contributed by atoms with Gasteiger partial charge >= 0.3 is 0 Å². The van der Waals surface area contributed by atoms with Gasteiger partial charge in [0.15, 0.2) is 0 Å². The number of halogens is 3. The molecular weight excluding hydrogens is 380 g/mol. The van der Waals surface area contributed by atoms with E-state index in [1.807, 2.05) is 26.0 Å². The number of aryl methyl sites for hydroxylation is 3. The average molecular weight is 402 g/mol. The van der Waals surface area contributed by atoms with Crippen LogP contribution in [-0.4, -0.2) is 33.9 Å². The minimum atomic E-state index is -0.689. The Morgan fingerprint density at radius 2 is 1.92 bits per heavy atom. The Morgan fingerprint density at radius 3 is 2.38 bits per heavy atom. The first kappa shape index (κ1) is 20.7. The van der Waals surface area contributed by atoms with Gasteiger partial charge in [-0.3, -0.25) is 9.63 Å². The lowest BCUT2D eigenvalue weighted by Gasteiger charge is -2.26. The normalized spacial score (nSPS) is 12.3. The molecule has 0 aliphatic carbocycles. The number of carbonyl (C=O) groups excluding carboxylic acids is 1. The standard InChI is InChI=1S/C18H22Cl2FN3O2/c1-10-8-14(19)13(15(20)9-10)7-6-11(2)24(26-5)18(25)16-12(3)22-23(4)17(16)21/h8-9,11H,6-7H2,1-5H3. The fourth-order valence-electron chi connectivity index (χ4n) is 2.89. The zero-order chi connectivity index (χ0) is 19.6. The molecule has 0 saturated heterocycles. The SMILES string of the molecule is CON(C(=O)c1c(C)nn(C)c1F)C(C)CCc1c(Cl)cc(C)cc1Cl. The molecule has 26 heavy (non-hydrogen) atoms. The second kappa shape index (κ2) is 8.37. The van der Waals surface area contributed by atoms with Gasteiger partial charge in [-0.15, -0.1) is 0 Å². The van der Waals surface area contributed by atoms with Gasteiger partial charge in [0.1, 0.15) is 5.56 Å². The van der Waals surface area contributed by atoms with E-state index >= 15 is 0 Å². The number of nitrogens with zero attached hydrogens (tertiary/aromatic N) is 3. The third-order valence-corrected chi connectivity index (χ3v) is 4.94. The van der Waals surface area contributed by atoms with E-state index in [1.165, 1.54) is 14.2 Å². The summed E-state index contributed by atoms with van der Waals surface area (Å²) in [7, 11) is 2.82. The number of hydrogen-bond donors (Lipinski definition) is 0. The molecule has 2 aromatic rings. The highest BCUT2D eigenvalue weighted by molar-refractivity contribution is 6.36. The summed E-state index contributed by atoms with van der Waals surface area (Å²) >= 11 is 12.6. The lowest BCUT2D eigenvalue weighted by molar-refractivity contribution is -0.120. The summed E-state index contributed by atoms with van der Waals surface area (Å²) < 4.78 is 15.2. The predicted molar refractivity (Wildman–Crippen MR) is 100 cm³/mol. The first-order valence-electron chi connectivity index (χ1n) is 8.18. The van der Waals surface area contributed by atoms with E-state index in [1.54, 1.807) is 6.92 Å². The molecule has 1 unspecified atom stereocenters. The lowest BCUT2D eigenvalue weighted by atomic mass is 10.0.